The van der Waals surface area contributed by atoms with E-state index in [4.69, 9.17) is 0 Å². The summed E-state index contributed by atoms with van der Waals surface area (Å²) in [5.41, 5.74) is 5.88. The van der Waals surface area contributed by atoms with Crippen LogP contribution in [0.1, 0.15) is 80.8 Å². The number of benzene rings is 4. The van der Waals surface area contributed by atoms with Crippen LogP contribution in [0.25, 0.3) is 11.1 Å². The summed E-state index contributed by atoms with van der Waals surface area (Å²) in [6, 6.07) is 24.9. The van der Waals surface area contributed by atoms with Gasteiger partial charge in [-0.1, -0.05) is 0 Å². The number of alkyl halides is 6. The Bertz CT molecular complexity index is 1930. The first-order chi connectivity index (χ1) is 22.6. The molecule has 50 heavy (non-hydrogen) atoms. The van der Waals surface area contributed by atoms with Crippen LogP contribution in [0.4, 0.5) is 26.3 Å². The SMILES string of the molecule is CCC1=[C]([Zr+2](=[C](c2cccc(C(F)(F)F)c2)c2cccc(C(F)(F)F)c2)[c]2cccc3c2Cc2ccccc2-3)C(CC)C=C1C(C)(C)C.[Cl-].[Cl-]. The van der Waals surface area contributed by atoms with Crippen LogP contribution >= 0.6 is 0 Å². The fourth-order valence-corrected chi connectivity index (χ4v) is 16.7. The van der Waals surface area contributed by atoms with Gasteiger partial charge in [0, 0.05) is 0 Å². The number of hydrogen-bond donors (Lipinski definition) is 0. The molecule has 2 aliphatic carbocycles. The summed E-state index contributed by atoms with van der Waals surface area (Å²) in [5.74, 6) is 0.0369. The van der Waals surface area contributed by atoms with Crippen LogP contribution < -0.4 is 28.1 Å². The third-order valence-electron chi connectivity index (χ3n) is 9.59. The van der Waals surface area contributed by atoms with Gasteiger partial charge in [0.15, 0.2) is 0 Å². The van der Waals surface area contributed by atoms with Crippen molar-refractivity contribution in [3.63, 3.8) is 0 Å². The molecule has 0 saturated heterocycles. The molecule has 0 saturated carbocycles. The summed E-state index contributed by atoms with van der Waals surface area (Å²) >= 11 is -3.70. The summed E-state index contributed by atoms with van der Waals surface area (Å²) in [6.45, 7) is 10.8. The normalized spacial score (nSPS) is 15.3. The molecule has 0 fully saturated rings. The third-order valence-corrected chi connectivity index (χ3v) is 17.7. The smallest absolute Gasteiger partial charge is 1.00 e. The number of fused-ring (bicyclic) bond motifs is 3. The summed E-state index contributed by atoms with van der Waals surface area (Å²) in [5, 5.41) is 0. The fourth-order valence-electron chi connectivity index (χ4n) is 7.46. The minimum atomic E-state index is -4.61. The van der Waals surface area contributed by atoms with E-state index in [1.54, 1.807) is 12.1 Å². The zero-order chi connectivity index (χ0) is 34.6. The molecule has 4 aromatic carbocycles. The van der Waals surface area contributed by atoms with Crippen LogP contribution in [0.3, 0.4) is 0 Å². The molecular formula is C41H38Cl2F6Zr. The second-order valence-corrected chi connectivity index (χ2v) is 19.4. The molecule has 0 nitrogen and oxygen atoms in total. The van der Waals surface area contributed by atoms with E-state index >= 15 is 0 Å². The van der Waals surface area contributed by atoms with E-state index in [0.29, 0.717) is 20.8 Å². The first-order valence-electron chi connectivity index (χ1n) is 16.4. The Morgan fingerprint density at radius 3 is 1.76 bits per heavy atom. The molecule has 4 aromatic rings. The van der Waals surface area contributed by atoms with Crippen molar-refractivity contribution in [3.05, 3.63) is 145 Å². The van der Waals surface area contributed by atoms with E-state index in [1.807, 2.05) is 18.2 Å². The molecule has 6 rings (SSSR count). The standard InChI is InChI=1S/C15H8F6.C13H9.C13H21.2ClH.Zr/c16-14(17,18)12-5-1-3-10(8-12)7-11-4-2-6-13(9-11)15(19,20)21;1-3-7-12-10(5-1)9-11-6-2-4-8-13(11)12;1-6-10-8-11(7-2)12(9-10)13(3,4)5;;;/h1-6,8-9H;1-5,7-8H,9H2;9-10H,6-7H2,1-5H3;2*1H;/q;;;;;+2/p-2. The molecule has 0 bridgehead atoms. The number of halogens is 8. The largest absolute Gasteiger partial charge is 1.00 e. The summed E-state index contributed by atoms with van der Waals surface area (Å²) in [7, 11) is 0. The molecule has 0 N–H and O–H groups in total. The predicted octanol–water partition coefficient (Wildman–Crippen LogP) is 5.49. The van der Waals surface area contributed by atoms with Gasteiger partial charge in [-0.15, -0.1) is 0 Å². The molecule has 1 unspecified atom stereocenters. The third kappa shape index (κ3) is 7.57. The van der Waals surface area contributed by atoms with Crippen molar-refractivity contribution < 1.29 is 72.4 Å². The van der Waals surface area contributed by atoms with Gasteiger partial charge < -0.3 is 24.8 Å². The van der Waals surface area contributed by atoms with Gasteiger partial charge in [-0.25, -0.2) is 0 Å². The first-order valence-corrected chi connectivity index (χ1v) is 20.1. The Kier molecular flexibility index (Phi) is 12.1. The minimum absolute atomic E-state index is 0. The van der Waals surface area contributed by atoms with E-state index in [-0.39, 0.29) is 36.1 Å². The van der Waals surface area contributed by atoms with Crippen molar-refractivity contribution in [1.29, 1.82) is 0 Å². The van der Waals surface area contributed by atoms with Crippen molar-refractivity contribution in [2.75, 3.05) is 0 Å². The Morgan fingerprint density at radius 2 is 1.24 bits per heavy atom. The van der Waals surface area contributed by atoms with Crippen molar-refractivity contribution in [3.8, 4) is 11.1 Å². The molecule has 9 heteroatoms. The van der Waals surface area contributed by atoms with Crippen molar-refractivity contribution in [2.24, 2.45) is 11.3 Å². The number of rotatable bonds is 6. The van der Waals surface area contributed by atoms with E-state index in [1.165, 1.54) is 32.1 Å². The average Bonchev–Trinajstić information content (AvgIpc) is 3.61. The molecule has 1 atom stereocenters. The van der Waals surface area contributed by atoms with Crippen LogP contribution in [0.15, 0.2) is 111 Å². The number of allylic oxidation sites excluding steroid dienone is 4. The number of hydrogen-bond acceptors (Lipinski definition) is 0. The van der Waals surface area contributed by atoms with Gasteiger partial charge in [0.05, 0.1) is 0 Å². The molecule has 0 spiro atoms. The van der Waals surface area contributed by atoms with Crippen molar-refractivity contribution in [2.45, 2.75) is 66.2 Å². The molecule has 0 amide bonds. The Morgan fingerprint density at radius 1 is 0.700 bits per heavy atom. The van der Waals surface area contributed by atoms with Gasteiger partial charge in [0.25, 0.3) is 0 Å². The molecule has 0 aromatic heterocycles. The van der Waals surface area contributed by atoms with Crippen LogP contribution in [-0.2, 0) is 40.0 Å². The summed E-state index contributed by atoms with van der Waals surface area (Å²) in [6.07, 6.45) is -4.69. The molecule has 2 aliphatic rings. The molecule has 0 heterocycles. The van der Waals surface area contributed by atoms with Gasteiger partial charge >= 0.3 is 288 Å². The second kappa shape index (κ2) is 15.1. The fraction of sp³-hybridized carbons (Fsp3) is 0.293. The zero-order valence-electron chi connectivity index (χ0n) is 28.5. The van der Waals surface area contributed by atoms with Crippen molar-refractivity contribution >= 4 is 6.48 Å². The van der Waals surface area contributed by atoms with E-state index in [0.717, 1.165) is 57.1 Å². The van der Waals surface area contributed by atoms with E-state index < -0.39 is 44.7 Å². The van der Waals surface area contributed by atoms with Crippen LogP contribution in [0, 0.1) is 11.3 Å². The first kappa shape index (κ1) is 40.0. The maximum atomic E-state index is 14.3. The van der Waals surface area contributed by atoms with Crippen LogP contribution in [0.5, 0.6) is 0 Å². The molecule has 262 valence electrons. The summed E-state index contributed by atoms with van der Waals surface area (Å²) < 4.78 is 88.6. The monoisotopic (exact) mass is 804 g/mol. The van der Waals surface area contributed by atoms with Gasteiger partial charge in [-0.3, -0.25) is 0 Å². The summed E-state index contributed by atoms with van der Waals surface area (Å²) in [4.78, 5) is 0. The quantitative estimate of drug-likeness (QED) is 0.200. The Labute approximate surface area is 310 Å². The van der Waals surface area contributed by atoms with Crippen molar-refractivity contribution in [1.82, 2.24) is 0 Å². The van der Waals surface area contributed by atoms with E-state index in [2.05, 4.69) is 65.0 Å². The van der Waals surface area contributed by atoms with E-state index in [9.17, 15) is 26.3 Å². The maximum absolute atomic E-state index is 14.3. The minimum Gasteiger partial charge on any atom is -1.00 e. The van der Waals surface area contributed by atoms with Gasteiger partial charge in [-0.05, 0) is 0 Å². The molecule has 0 aliphatic heterocycles. The van der Waals surface area contributed by atoms with Gasteiger partial charge in [-0.2, -0.15) is 0 Å². The van der Waals surface area contributed by atoms with Crippen LogP contribution in [-0.4, -0.2) is 3.21 Å². The molecular weight excluding hydrogens is 769 g/mol. The molecule has 0 radical (unpaired) electrons. The van der Waals surface area contributed by atoms with Crippen LogP contribution in [0.2, 0.25) is 0 Å². The average molecular weight is 807 g/mol. The zero-order valence-corrected chi connectivity index (χ0v) is 32.4. The Balaban J connectivity index is 0.00000281. The topological polar surface area (TPSA) is 0 Å². The second-order valence-electron chi connectivity index (χ2n) is 13.7. The predicted molar refractivity (Wildman–Crippen MR) is 179 cm³/mol. The van der Waals surface area contributed by atoms with Gasteiger partial charge in [0.1, 0.15) is 0 Å². The Hall–Kier alpha value is -2.73. The van der Waals surface area contributed by atoms with Gasteiger partial charge in [0.2, 0.25) is 0 Å². The maximum Gasteiger partial charge on any atom is -1.00 e.